The molecule has 2 heterocycles. The van der Waals surface area contributed by atoms with Crippen LogP contribution in [0, 0.1) is 12.8 Å². The molecule has 1 fully saturated rings. The second-order valence-electron chi connectivity index (χ2n) is 5.48. The molecule has 2 aromatic rings. The lowest BCUT2D eigenvalue weighted by atomic mass is 10.1. The Kier molecular flexibility index (Phi) is 3.77. The monoisotopic (exact) mass is 307 g/mol. The number of fused-ring (bicyclic) bond motifs is 1. The fourth-order valence-electron chi connectivity index (χ4n) is 2.88. The Morgan fingerprint density at radius 3 is 2.95 bits per heavy atom. The first-order chi connectivity index (χ1) is 10.1. The topological polar surface area (TPSA) is 95.3 Å². The lowest BCUT2D eigenvalue weighted by Gasteiger charge is -2.12. The first-order valence-electron chi connectivity index (χ1n) is 6.95. The number of nitrogens with one attached hydrogen (secondary N) is 1. The predicted molar refractivity (Wildman–Crippen MR) is 80.9 cm³/mol. The summed E-state index contributed by atoms with van der Waals surface area (Å²) in [4.78, 5) is 20.6. The number of carboxylic acids is 1. The maximum absolute atomic E-state index is 11.2. The second kappa shape index (κ2) is 5.57. The molecule has 1 aliphatic carbocycles. The van der Waals surface area contributed by atoms with Gasteiger partial charge in [-0.25, -0.2) is 14.8 Å². The van der Waals surface area contributed by atoms with Gasteiger partial charge in [-0.3, -0.25) is 0 Å². The quantitative estimate of drug-likeness (QED) is 0.802. The SMILES string of the molecule is Cc1c(C(=O)O)sc2ncnc(NCC3CCC(O)C3)c12. The molecular weight excluding hydrogens is 290 g/mol. The molecule has 0 aliphatic heterocycles. The van der Waals surface area contributed by atoms with Crippen molar-refractivity contribution in [1.29, 1.82) is 0 Å². The van der Waals surface area contributed by atoms with Crippen LogP contribution in [0.1, 0.15) is 34.5 Å². The van der Waals surface area contributed by atoms with Gasteiger partial charge in [0.05, 0.1) is 11.5 Å². The Balaban J connectivity index is 1.86. The van der Waals surface area contributed by atoms with E-state index < -0.39 is 5.97 Å². The third-order valence-corrected chi connectivity index (χ3v) is 5.18. The third kappa shape index (κ3) is 2.71. The number of anilines is 1. The highest BCUT2D eigenvalue weighted by molar-refractivity contribution is 7.20. The zero-order valence-electron chi connectivity index (χ0n) is 11.7. The van der Waals surface area contributed by atoms with Crippen molar-refractivity contribution in [3.63, 3.8) is 0 Å². The predicted octanol–water partition coefficient (Wildman–Crippen LogP) is 2.27. The van der Waals surface area contributed by atoms with Crippen LogP contribution in [-0.4, -0.2) is 38.8 Å². The van der Waals surface area contributed by atoms with Crippen molar-refractivity contribution in [2.75, 3.05) is 11.9 Å². The lowest BCUT2D eigenvalue weighted by Crippen LogP contribution is -2.13. The van der Waals surface area contributed by atoms with Crippen LogP contribution >= 0.6 is 11.3 Å². The van der Waals surface area contributed by atoms with Gasteiger partial charge in [0, 0.05) is 6.54 Å². The van der Waals surface area contributed by atoms with Gasteiger partial charge in [0.2, 0.25) is 0 Å². The maximum Gasteiger partial charge on any atom is 0.346 e. The van der Waals surface area contributed by atoms with Gasteiger partial charge < -0.3 is 15.5 Å². The van der Waals surface area contributed by atoms with Gasteiger partial charge in [-0.15, -0.1) is 11.3 Å². The number of carboxylic acid groups (broad SMARTS) is 1. The Labute approximate surface area is 125 Å². The molecule has 3 rings (SSSR count). The molecular formula is C14H17N3O3S. The third-order valence-electron chi connectivity index (χ3n) is 3.99. The minimum atomic E-state index is -0.930. The van der Waals surface area contributed by atoms with Crippen LogP contribution in [0.3, 0.4) is 0 Å². The summed E-state index contributed by atoms with van der Waals surface area (Å²) in [6.45, 7) is 2.52. The molecule has 0 radical (unpaired) electrons. The number of hydrogen-bond donors (Lipinski definition) is 3. The molecule has 0 saturated heterocycles. The van der Waals surface area contributed by atoms with Crippen molar-refractivity contribution >= 4 is 33.3 Å². The zero-order chi connectivity index (χ0) is 15.0. The first-order valence-corrected chi connectivity index (χ1v) is 7.77. The average Bonchev–Trinajstić information content (AvgIpc) is 3.01. The number of aromatic carboxylic acids is 1. The summed E-state index contributed by atoms with van der Waals surface area (Å²) >= 11 is 1.17. The molecule has 3 N–H and O–H groups in total. The van der Waals surface area contributed by atoms with Gasteiger partial charge in [-0.05, 0) is 37.7 Å². The number of aliphatic hydroxyl groups is 1. The minimum Gasteiger partial charge on any atom is -0.477 e. The molecule has 0 spiro atoms. The van der Waals surface area contributed by atoms with Crippen LogP contribution in [-0.2, 0) is 0 Å². The van der Waals surface area contributed by atoms with Crippen molar-refractivity contribution in [2.45, 2.75) is 32.3 Å². The molecule has 1 saturated carbocycles. The number of aryl methyl sites for hydroxylation is 1. The minimum absolute atomic E-state index is 0.191. The van der Waals surface area contributed by atoms with Crippen LogP contribution in [0.2, 0.25) is 0 Å². The summed E-state index contributed by atoms with van der Waals surface area (Å²) in [6.07, 6.45) is 3.93. The van der Waals surface area contributed by atoms with E-state index in [0.29, 0.717) is 27.0 Å². The number of hydrogen-bond acceptors (Lipinski definition) is 6. The van der Waals surface area contributed by atoms with Gasteiger partial charge in [-0.1, -0.05) is 0 Å². The summed E-state index contributed by atoms with van der Waals surface area (Å²) in [5, 5.41) is 22.8. The average molecular weight is 307 g/mol. The second-order valence-corrected chi connectivity index (χ2v) is 6.48. The standard InChI is InChI=1S/C14H17N3O3S/c1-7-10-12(15-5-8-2-3-9(18)4-8)16-6-17-13(10)21-11(7)14(19)20/h6,8-9,18H,2-5H2,1H3,(H,19,20)(H,15,16,17). The van der Waals surface area contributed by atoms with E-state index in [4.69, 9.17) is 0 Å². The van der Waals surface area contributed by atoms with Crippen LogP contribution in [0.25, 0.3) is 10.2 Å². The van der Waals surface area contributed by atoms with E-state index in [1.807, 2.05) is 0 Å². The maximum atomic E-state index is 11.2. The number of thiophene rings is 1. The molecule has 21 heavy (non-hydrogen) atoms. The van der Waals surface area contributed by atoms with Gasteiger partial charge >= 0.3 is 5.97 Å². The molecule has 1 aliphatic rings. The van der Waals surface area contributed by atoms with E-state index in [1.165, 1.54) is 17.7 Å². The highest BCUT2D eigenvalue weighted by Gasteiger charge is 2.23. The van der Waals surface area contributed by atoms with E-state index in [0.717, 1.165) is 31.2 Å². The summed E-state index contributed by atoms with van der Waals surface area (Å²) in [7, 11) is 0. The van der Waals surface area contributed by atoms with Gasteiger partial charge in [0.1, 0.15) is 21.9 Å². The number of aromatic nitrogens is 2. The summed E-state index contributed by atoms with van der Waals surface area (Å²) in [6, 6.07) is 0. The van der Waals surface area contributed by atoms with Crippen LogP contribution in [0.15, 0.2) is 6.33 Å². The first kappa shape index (κ1) is 14.2. The Hall–Kier alpha value is -1.73. The van der Waals surface area contributed by atoms with Crippen molar-refractivity contribution in [3.05, 3.63) is 16.8 Å². The van der Waals surface area contributed by atoms with E-state index in [9.17, 15) is 15.0 Å². The molecule has 6 nitrogen and oxygen atoms in total. The zero-order valence-corrected chi connectivity index (χ0v) is 12.5. The molecule has 7 heteroatoms. The molecule has 0 aromatic carbocycles. The largest absolute Gasteiger partial charge is 0.477 e. The number of aliphatic hydroxyl groups excluding tert-OH is 1. The van der Waals surface area contributed by atoms with Crippen molar-refractivity contribution in [3.8, 4) is 0 Å². The Bertz CT molecular complexity index is 685. The molecule has 0 amide bonds. The number of rotatable bonds is 4. The van der Waals surface area contributed by atoms with E-state index in [2.05, 4.69) is 15.3 Å². The smallest absolute Gasteiger partial charge is 0.346 e. The molecule has 112 valence electrons. The summed E-state index contributed by atoms with van der Waals surface area (Å²) in [5.41, 5.74) is 0.706. The lowest BCUT2D eigenvalue weighted by molar-refractivity contribution is 0.0701. The molecule has 2 atom stereocenters. The molecule has 2 aromatic heterocycles. The number of carbonyl (C=O) groups is 1. The fraction of sp³-hybridized carbons (Fsp3) is 0.500. The highest BCUT2D eigenvalue weighted by Crippen LogP contribution is 2.33. The van der Waals surface area contributed by atoms with Crippen LogP contribution in [0.5, 0.6) is 0 Å². The van der Waals surface area contributed by atoms with Gasteiger partial charge in [0.25, 0.3) is 0 Å². The van der Waals surface area contributed by atoms with Crippen molar-refractivity contribution in [2.24, 2.45) is 5.92 Å². The highest BCUT2D eigenvalue weighted by atomic mass is 32.1. The Morgan fingerprint density at radius 2 is 2.29 bits per heavy atom. The van der Waals surface area contributed by atoms with E-state index >= 15 is 0 Å². The Morgan fingerprint density at radius 1 is 1.48 bits per heavy atom. The van der Waals surface area contributed by atoms with Crippen molar-refractivity contribution < 1.29 is 15.0 Å². The van der Waals surface area contributed by atoms with Crippen molar-refractivity contribution in [1.82, 2.24) is 9.97 Å². The van der Waals surface area contributed by atoms with E-state index in [-0.39, 0.29) is 6.10 Å². The number of nitrogens with zero attached hydrogens (tertiary/aromatic N) is 2. The van der Waals surface area contributed by atoms with Crippen LogP contribution < -0.4 is 5.32 Å². The normalized spacial score (nSPS) is 21.8. The molecule has 0 bridgehead atoms. The van der Waals surface area contributed by atoms with Crippen LogP contribution in [0.4, 0.5) is 5.82 Å². The van der Waals surface area contributed by atoms with E-state index in [1.54, 1.807) is 6.92 Å². The summed E-state index contributed by atoms with van der Waals surface area (Å²) < 4.78 is 0. The van der Waals surface area contributed by atoms with Gasteiger partial charge in [-0.2, -0.15) is 0 Å². The molecule has 2 unspecified atom stereocenters. The summed E-state index contributed by atoms with van der Waals surface area (Å²) in [5.74, 6) is 0.186. The van der Waals surface area contributed by atoms with Gasteiger partial charge in [0.15, 0.2) is 0 Å². The fourth-order valence-corrected chi connectivity index (χ4v) is 3.87.